The number of ether oxygens (including phenoxy) is 1. The highest BCUT2D eigenvalue weighted by molar-refractivity contribution is 5.85. The third-order valence-electron chi connectivity index (χ3n) is 4.37. The van der Waals surface area contributed by atoms with Gasteiger partial charge in [-0.05, 0) is 43.4 Å². The van der Waals surface area contributed by atoms with Gasteiger partial charge in [-0.15, -0.1) is 12.4 Å². The summed E-state index contributed by atoms with van der Waals surface area (Å²) in [4.78, 5) is 14.6. The predicted octanol–water partition coefficient (Wildman–Crippen LogP) is 2.77. The first-order chi connectivity index (χ1) is 9.99. The molecule has 1 saturated heterocycles. The summed E-state index contributed by atoms with van der Waals surface area (Å²) in [5.74, 6) is 0.872. The maximum atomic E-state index is 12.7. The first-order valence-electron chi connectivity index (χ1n) is 7.70. The normalized spacial score (nSPS) is 22.1. The van der Waals surface area contributed by atoms with Gasteiger partial charge in [0.05, 0.1) is 0 Å². The van der Waals surface area contributed by atoms with Crippen LogP contribution < -0.4 is 10.5 Å². The Bertz CT molecular complexity index is 509. The van der Waals surface area contributed by atoms with Crippen molar-refractivity contribution < 1.29 is 9.53 Å². The average molecular weight is 327 g/mol. The number of halogens is 1. The molecule has 0 spiro atoms. The van der Waals surface area contributed by atoms with Gasteiger partial charge in [0.1, 0.15) is 5.75 Å². The zero-order valence-electron chi connectivity index (χ0n) is 13.7. The number of likely N-dealkylation sites (tertiary alicyclic amines) is 1. The molecule has 0 aromatic heterocycles. The summed E-state index contributed by atoms with van der Waals surface area (Å²) in [6.45, 7) is 8.25. The molecule has 1 aliphatic heterocycles. The third-order valence-corrected chi connectivity index (χ3v) is 4.37. The summed E-state index contributed by atoms with van der Waals surface area (Å²) >= 11 is 0. The summed E-state index contributed by atoms with van der Waals surface area (Å²) in [6, 6.07) is 7.81. The molecular formula is C17H27ClN2O2. The summed E-state index contributed by atoms with van der Waals surface area (Å²) in [5.41, 5.74) is 6.92. The highest BCUT2D eigenvalue weighted by atomic mass is 35.5. The van der Waals surface area contributed by atoms with Gasteiger partial charge in [0.25, 0.3) is 5.91 Å². The van der Waals surface area contributed by atoms with Crippen molar-refractivity contribution in [2.24, 2.45) is 11.1 Å². The maximum absolute atomic E-state index is 12.7. The van der Waals surface area contributed by atoms with Crippen LogP contribution in [0.5, 0.6) is 5.75 Å². The quantitative estimate of drug-likeness (QED) is 0.905. The van der Waals surface area contributed by atoms with Gasteiger partial charge in [0.2, 0.25) is 0 Å². The van der Waals surface area contributed by atoms with E-state index >= 15 is 0 Å². The van der Waals surface area contributed by atoms with Gasteiger partial charge in [-0.2, -0.15) is 0 Å². The van der Waals surface area contributed by atoms with Crippen LogP contribution in [0.4, 0.5) is 0 Å². The molecule has 0 saturated carbocycles. The van der Waals surface area contributed by atoms with Crippen LogP contribution in [0.2, 0.25) is 0 Å². The molecule has 2 rings (SSSR count). The van der Waals surface area contributed by atoms with Gasteiger partial charge < -0.3 is 15.4 Å². The van der Waals surface area contributed by atoms with Crippen molar-refractivity contribution in [3.63, 3.8) is 0 Å². The predicted molar refractivity (Wildman–Crippen MR) is 91.5 cm³/mol. The van der Waals surface area contributed by atoms with Gasteiger partial charge in [0.15, 0.2) is 6.10 Å². The molecule has 0 radical (unpaired) electrons. The molecular weight excluding hydrogens is 300 g/mol. The number of hydrogen-bond acceptors (Lipinski definition) is 3. The second-order valence-electron chi connectivity index (χ2n) is 6.30. The fourth-order valence-corrected chi connectivity index (χ4v) is 2.73. The molecule has 1 amide bonds. The van der Waals surface area contributed by atoms with E-state index in [1.807, 2.05) is 43.0 Å². The van der Waals surface area contributed by atoms with Crippen LogP contribution in [0.25, 0.3) is 0 Å². The van der Waals surface area contributed by atoms with Crippen molar-refractivity contribution >= 4 is 18.3 Å². The van der Waals surface area contributed by atoms with Gasteiger partial charge in [-0.3, -0.25) is 4.79 Å². The Morgan fingerprint density at radius 1 is 1.45 bits per heavy atom. The van der Waals surface area contributed by atoms with Crippen LogP contribution in [-0.2, 0) is 4.79 Å². The molecule has 0 aliphatic carbocycles. The van der Waals surface area contributed by atoms with E-state index in [1.54, 1.807) is 0 Å². The van der Waals surface area contributed by atoms with Crippen LogP contribution in [0, 0.1) is 12.3 Å². The lowest BCUT2D eigenvalue weighted by molar-refractivity contribution is -0.138. The molecule has 2 atom stereocenters. The van der Waals surface area contributed by atoms with E-state index in [0.29, 0.717) is 13.0 Å². The Hall–Kier alpha value is -1.26. The van der Waals surface area contributed by atoms with E-state index in [2.05, 4.69) is 6.92 Å². The fourth-order valence-electron chi connectivity index (χ4n) is 2.73. The van der Waals surface area contributed by atoms with Gasteiger partial charge in [-0.1, -0.05) is 32.0 Å². The molecule has 1 heterocycles. The highest BCUT2D eigenvalue weighted by Crippen LogP contribution is 2.29. The van der Waals surface area contributed by atoms with E-state index in [1.165, 1.54) is 0 Å². The highest BCUT2D eigenvalue weighted by Gasteiger charge is 2.37. The lowest BCUT2D eigenvalue weighted by Crippen LogP contribution is -2.42. The number of carbonyl (C=O) groups excluding carboxylic acids is 1. The summed E-state index contributed by atoms with van der Waals surface area (Å²) in [5, 5.41) is 0. The summed E-state index contributed by atoms with van der Waals surface area (Å²) < 4.78 is 5.95. The first-order valence-corrected chi connectivity index (χ1v) is 7.70. The first kappa shape index (κ1) is 18.8. The number of hydrogen-bond donors (Lipinski definition) is 1. The van der Waals surface area contributed by atoms with Crippen LogP contribution in [0.15, 0.2) is 24.3 Å². The van der Waals surface area contributed by atoms with Gasteiger partial charge >= 0.3 is 0 Å². The van der Waals surface area contributed by atoms with Crippen molar-refractivity contribution in [2.75, 3.05) is 19.6 Å². The Kier molecular flexibility index (Phi) is 6.69. The lowest BCUT2D eigenvalue weighted by atomic mass is 9.90. The second kappa shape index (κ2) is 7.84. The Morgan fingerprint density at radius 3 is 2.68 bits per heavy atom. The monoisotopic (exact) mass is 326 g/mol. The SMILES string of the molecule is CCC(Oc1ccccc1C)C(=O)N1CCC(C)(CN)C1.Cl. The molecule has 0 bridgehead atoms. The van der Waals surface area contributed by atoms with E-state index < -0.39 is 6.10 Å². The zero-order chi connectivity index (χ0) is 15.5. The number of nitrogens with zero attached hydrogens (tertiary/aromatic N) is 1. The van der Waals surface area contributed by atoms with Crippen molar-refractivity contribution in [3.8, 4) is 5.75 Å². The number of nitrogens with two attached hydrogens (primary N) is 1. The van der Waals surface area contributed by atoms with Crippen LogP contribution >= 0.6 is 12.4 Å². The molecule has 5 heteroatoms. The van der Waals surface area contributed by atoms with Crippen molar-refractivity contribution in [1.29, 1.82) is 0 Å². The molecule has 4 nitrogen and oxygen atoms in total. The van der Waals surface area contributed by atoms with Crippen LogP contribution in [0.3, 0.4) is 0 Å². The smallest absolute Gasteiger partial charge is 0.263 e. The number of para-hydroxylation sites is 1. The summed E-state index contributed by atoms with van der Waals surface area (Å²) in [6.07, 6.45) is 1.23. The molecule has 1 aromatic rings. The molecule has 124 valence electrons. The van der Waals surface area contributed by atoms with Crippen LogP contribution in [-0.4, -0.2) is 36.5 Å². The molecule has 2 unspecified atom stereocenters. The number of carbonyl (C=O) groups is 1. The standard InChI is InChI=1S/C17H26N2O2.ClH/c1-4-14(21-15-8-6-5-7-13(15)2)16(20)19-10-9-17(3,11-18)12-19;/h5-8,14H,4,9-12,18H2,1-3H3;1H. The molecule has 1 fully saturated rings. The van der Waals surface area contributed by atoms with E-state index in [0.717, 1.165) is 30.8 Å². The third kappa shape index (κ3) is 4.14. The lowest BCUT2D eigenvalue weighted by Gasteiger charge is -2.26. The molecule has 2 N–H and O–H groups in total. The fraction of sp³-hybridized carbons (Fsp3) is 0.588. The van der Waals surface area contributed by atoms with E-state index in [4.69, 9.17) is 10.5 Å². The Labute approximate surface area is 139 Å². The van der Waals surface area contributed by atoms with Crippen molar-refractivity contribution in [3.05, 3.63) is 29.8 Å². The average Bonchev–Trinajstić information content (AvgIpc) is 2.89. The minimum atomic E-state index is -0.411. The number of rotatable bonds is 5. The Morgan fingerprint density at radius 2 is 2.14 bits per heavy atom. The Balaban J connectivity index is 0.00000242. The van der Waals surface area contributed by atoms with Crippen molar-refractivity contribution in [2.45, 2.75) is 39.7 Å². The maximum Gasteiger partial charge on any atom is 0.263 e. The second-order valence-corrected chi connectivity index (χ2v) is 6.30. The minimum absolute atomic E-state index is 0. The largest absolute Gasteiger partial charge is 0.480 e. The molecule has 1 aliphatic rings. The van der Waals surface area contributed by atoms with Crippen LogP contribution in [0.1, 0.15) is 32.3 Å². The topological polar surface area (TPSA) is 55.6 Å². The van der Waals surface area contributed by atoms with Crippen molar-refractivity contribution in [1.82, 2.24) is 4.90 Å². The molecule has 22 heavy (non-hydrogen) atoms. The number of benzene rings is 1. The van der Waals surface area contributed by atoms with E-state index in [9.17, 15) is 4.79 Å². The minimum Gasteiger partial charge on any atom is -0.480 e. The van der Waals surface area contributed by atoms with E-state index in [-0.39, 0.29) is 23.7 Å². The van der Waals surface area contributed by atoms with Gasteiger partial charge in [-0.25, -0.2) is 0 Å². The number of aryl methyl sites for hydroxylation is 1. The molecule has 1 aromatic carbocycles. The summed E-state index contributed by atoms with van der Waals surface area (Å²) in [7, 11) is 0. The van der Waals surface area contributed by atoms with Gasteiger partial charge in [0, 0.05) is 13.1 Å². The zero-order valence-corrected chi connectivity index (χ0v) is 14.5. The number of amides is 1.